The lowest BCUT2D eigenvalue weighted by atomic mass is 10.1. The largest absolute Gasteiger partial charge is 0.468 e. The second-order valence-corrected chi connectivity index (χ2v) is 3.63. The highest BCUT2D eigenvalue weighted by molar-refractivity contribution is 5.03. The Balaban J connectivity index is 2.44. The molecule has 3 unspecified atom stereocenters. The summed E-state index contributed by atoms with van der Waals surface area (Å²) in [7, 11) is 1.72. The van der Waals surface area contributed by atoms with E-state index in [1.165, 1.54) is 0 Å². The molecule has 0 bridgehead atoms. The van der Waals surface area contributed by atoms with E-state index in [1.54, 1.807) is 13.4 Å². The third kappa shape index (κ3) is 2.86. The van der Waals surface area contributed by atoms with Gasteiger partial charge in [-0.05, 0) is 32.9 Å². The first-order valence-corrected chi connectivity index (χ1v) is 4.97. The highest BCUT2D eigenvalue weighted by Gasteiger charge is 2.15. The SMILES string of the molecule is COC(C)C(C)NC(C)c1ccco1. The summed E-state index contributed by atoms with van der Waals surface area (Å²) in [4.78, 5) is 0. The maximum absolute atomic E-state index is 5.31. The van der Waals surface area contributed by atoms with E-state index >= 15 is 0 Å². The lowest BCUT2D eigenvalue weighted by molar-refractivity contribution is 0.0841. The number of methoxy groups -OCH3 is 1. The van der Waals surface area contributed by atoms with Crippen LogP contribution in [0.15, 0.2) is 22.8 Å². The molecule has 0 saturated heterocycles. The maximum Gasteiger partial charge on any atom is 0.120 e. The van der Waals surface area contributed by atoms with Gasteiger partial charge in [0.1, 0.15) is 5.76 Å². The lowest BCUT2D eigenvalue weighted by Gasteiger charge is -2.23. The lowest BCUT2D eigenvalue weighted by Crippen LogP contribution is -2.38. The van der Waals surface area contributed by atoms with E-state index in [9.17, 15) is 0 Å². The van der Waals surface area contributed by atoms with E-state index < -0.39 is 0 Å². The van der Waals surface area contributed by atoms with Gasteiger partial charge >= 0.3 is 0 Å². The quantitative estimate of drug-likeness (QED) is 0.786. The Labute approximate surface area is 85.4 Å². The number of furan rings is 1. The predicted octanol–water partition coefficient (Wildman–Crippen LogP) is 2.35. The van der Waals surface area contributed by atoms with Crippen molar-refractivity contribution in [3.8, 4) is 0 Å². The van der Waals surface area contributed by atoms with Crippen LogP contribution in [0.1, 0.15) is 32.6 Å². The molecule has 0 aliphatic heterocycles. The number of rotatable bonds is 5. The summed E-state index contributed by atoms with van der Waals surface area (Å²) in [5.74, 6) is 0.958. The molecule has 1 aromatic rings. The van der Waals surface area contributed by atoms with Crippen LogP contribution in [0.2, 0.25) is 0 Å². The first-order valence-electron chi connectivity index (χ1n) is 4.97. The van der Waals surface area contributed by atoms with E-state index in [0.29, 0.717) is 6.04 Å². The molecule has 0 saturated carbocycles. The third-order valence-corrected chi connectivity index (χ3v) is 2.56. The average molecular weight is 197 g/mol. The van der Waals surface area contributed by atoms with Crippen LogP contribution in [0.5, 0.6) is 0 Å². The van der Waals surface area contributed by atoms with Gasteiger partial charge in [0, 0.05) is 13.2 Å². The van der Waals surface area contributed by atoms with Gasteiger partial charge in [-0.15, -0.1) is 0 Å². The Bertz CT molecular complexity index is 246. The number of ether oxygens (including phenoxy) is 1. The van der Waals surface area contributed by atoms with Crippen LogP contribution < -0.4 is 5.32 Å². The van der Waals surface area contributed by atoms with Crippen molar-refractivity contribution in [2.24, 2.45) is 0 Å². The van der Waals surface area contributed by atoms with E-state index in [0.717, 1.165) is 5.76 Å². The van der Waals surface area contributed by atoms with Crippen LogP contribution >= 0.6 is 0 Å². The second kappa shape index (κ2) is 5.17. The van der Waals surface area contributed by atoms with Gasteiger partial charge in [-0.25, -0.2) is 0 Å². The third-order valence-electron chi connectivity index (χ3n) is 2.56. The fourth-order valence-corrected chi connectivity index (χ4v) is 1.35. The van der Waals surface area contributed by atoms with Crippen LogP contribution in [-0.2, 0) is 4.74 Å². The Kier molecular flexibility index (Phi) is 4.17. The molecule has 0 fully saturated rings. The van der Waals surface area contributed by atoms with Crippen molar-refractivity contribution < 1.29 is 9.15 Å². The van der Waals surface area contributed by atoms with Crippen LogP contribution in [-0.4, -0.2) is 19.3 Å². The zero-order chi connectivity index (χ0) is 10.6. The molecule has 3 heteroatoms. The van der Waals surface area contributed by atoms with Gasteiger partial charge in [0.05, 0.1) is 18.4 Å². The first kappa shape index (κ1) is 11.3. The minimum absolute atomic E-state index is 0.201. The van der Waals surface area contributed by atoms with Gasteiger partial charge in [0.2, 0.25) is 0 Å². The van der Waals surface area contributed by atoms with Gasteiger partial charge < -0.3 is 14.5 Å². The standard InChI is InChI=1S/C11H19NO2/c1-8(10(3)13-4)12-9(2)11-6-5-7-14-11/h5-10,12H,1-4H3. The fourth-order valence-electron chi connectivity index (χ4n) is 1.35. The molecule has 0 aliphatic rings. The molecular weight excluding hydrogens is 178 g/mol. The minimum Gasteiger partial charge on any atom is -0.468 e. The summed E-state index contributed by atoms with van der Waals surface area (Å²) in [6, 6.07) is 4.40. The van der Waals surface area contributed by atoms with E-state index in [4.69, 9.17) is 9.15 Å². The molecule has 1 aromatic heterocycles. The van der Waals surface area contributed by atoms with Crippen molar-refractivity contribution in [2.75, 3.05) is 7.11 Å². The van der Waals surface area contributed by atoms with Crippen molar-refractivity contribution in [1.82, 2.24) is 5.32 Å². The van der Waals surface area contributed by atoms with E-state index in [-0.39, 0.29) is 12.1 Å². The molecule has 0 spiro atoms. The summed E-state index contributed by atoms with van der Waals surface area (Å²) in [5.41, 5.74) is 0. The summed E-state index contributed by atoms with van der Waals surface area (Å²) in [5, 5.41) is 3.41. The zero-order valence-corrected chi connectivity index (χ0v) is 9.28. The fraction of sp³-hybridized carbons (Fsp3) is 0.636. The van der Waals surface area contributed by atoms with Crippen LogP contribution in [0.3, 0.4) is 0 Å². The summed E-state index contributed by atoms with van der Waals surface area (Å²) >= 11 is 0. The molecule has 1 rings (SSSR count). The van der Waals surface area contributed by atoms with Gasteiger partial charge in [0.15, 0.2) is 0 Å². The smallest absolute Gasteiger partial charge is 0.120 e. The van der Waals surface area contributed by atoms with E-state index in [1.807, 2.05) is 19.1 Å². The highest BCUT2D eigenvalue weighted by Crippen LogP contribution is 2.13. The summed E-state index contributed by atoms with van der Waals surface area (Å²) in [6.45, 7) is 6.23. The Hall–Kier alpha value is -0.800. The Morgan fingerprint density at radius 1 is 1.36 bits per heavy atom. The van der Waals surface area contributed by atoms with Gasteiger partial charge in [-0.2, -0.15) is 0 Å². The normalized spacial score (nSPS) is 17.7. The molecule has 0 amide bonds. The van der Waals surface area contributed by atoms with Crippen LogP contribution in [0.25, 0.3) is 0 Å². The molecule has 3 nitrogen and oxygen atoms in total. The molecule has 0 aliphatic carbocycles. The zero-order valence-electron chi connectivity index (χ0n) is 9.28. The van der Waals surface area contributed by atoms with Gasteiger partial charge in [-0.3, -0.25) is 0 Å². The average Bonchev–Trinajstić information content (AvgIpc) is 2.69. The second-order valence-electron chi connectivity index (χ2n) is 3.63. The van der Waals surface area contributed by atoms with Crippen molar-refractivity contribution >= 4 is 0 Å². The predicted molar refractivity (Wildman–Crippen MR) is 56.2 cm³/mol. The topological polar surface area (TPSA) is 34.4 Å². The monoisotopic (exact) mass is 197 g/mol. The minimum atomic E-state index is 0.201. The number of hydrogen-bond donors (Lipinski definition) is 1. The van der Waals surface area contributed by atoms with Gasteiger partial charge in [-0.1, -0.05) is 0 Å². The summed E-state index contributed by atoms with van der Waals surface area (Å²) < 4.78 is 10.5. The van der Waals surface area contributed by atoms with E-state index in [2.05, 4.69) is 19.2 Å². The number of nitrogens with one attached hydrogen (secondary N) is 1. The molecule has 1 N–H and O–H groups in total. The molecule has 80 valence electrons. The number of hydrogen-bond acceptors (Lipinski definition) is 3. The molecule has 0 aromatic carbocycles. The van der Waals surface area contributed by atoms with Crippen LogP contribution in [0.4, 0.5) is 0 Å². The Morgan fingerprint density at radius 3 is 2.57 bits per heavy atom. The van der Waals surface area contributed by atoms with Crippen molar-refractivity contribution in [3.63, 3.8) is 0 Å². The van der Waals surface area contributed by atoms with Crippen molar-refractivity contribution in [3.05, 3.63) is 24.2 Å². The van der Waals surface area contributed by atoms with Crippen molar-refractivity contribution in [1.29, 1.82) is 0 Å². The molecule has 1 heterocycles. The van der Waals surface area contributed by atoms with Crippen LogP contribution in [0, 0.1) is 0 Å². The first-order chi connectivity index (χ1) is 6.65. The van der Waals surface area contributed by atoms with Crippen molar-refractivity contribution in [2.45, 2.75) is 39.0 Å². The molecule has 0 radical (unpaired) electrons. The van der Waals surface area contributed by atoms with Gasteiger partial charge in [0.25, 0.3) is 0 Å². The highest BCUT2D eigenvalue weighted by atomic mass is 16.5. The molecular formula is C11H19NO2. The maximum atomic E-state index is 5.31. The Morgan fingerprint density at radius 2 is 2.07 bits per heavy atom. The summed E-state index contributed by atoms with van der Waals surface area (Å²) in [6.07, 6.45) is 1.89. The molecule has 3 atom stereocenters. The molecule has 14 heavy (non-hydrogen) atoms.